The number of hydrogen-bond acceptors (Lipinski definition) is 6. The lowest BCUT2D eigenvalue weighted by Gasteiger charge is -2.05. The van der Waals surface area contributed by atoms with Gasteiger partial charge in [-0.05, 0) is 11.4 Å². The standard InChI is InChI=1S/C12H15N5OS2/c1-2-5-17-11(13)15-16-12(17)20-8-10(18)14-7-9-4-3-6-19-9/h2-4,6H,1,5,7-8H2,(H2,13,15)(H,14,18). The number of anilines is 1. The number of nitrogens with one attached hydrogen (secondary N) is 1. The number of nitrogens with two attached hydrogens (primary N) is 1. The normalized spacial score (nSPS) is 10.4. The molecule has 0 aromatic carbocycles. The minimum absolute atomic E-state index is 0.0462. The highest BCUT2D eigenvalue weighted by atomic mass is 32.2. The number of carbonyl (C=O) groups is 1. The number of aromatic nitrogens is 3. The summed E-state index contributed by atoms with van der Waals surface area (Å²) in [5.74, 6) is 0.558. The lowest BCUT2D eigenvalue weighted by Crippen LogP contribution is -2.24. The molecule has 106 valence electrons. The van der Waals surface area contributed by atoms with Crippen molar-refractivity contribution in [3.8, 4) is 0 Å². The average molecular weight is 309 g/mol. The van der Waals surface area contributed by atoms with Crippen LogP contribution in [0.3, 0.4) is 0 Å². The predicted octanol–water partition coefficient (Wildman–Crippen LogP) is 1.52. The third-order valence-electron chi connectivity index (χ3n) is 2.43. The Morgan fingerprint density at radius 2 is 2.45 bits per heavy atom. The van der Waals surface area contributed by atoms with Crippen LogP contribution in [0.2, 0.25) is 0 Å². The number of nitrogen functional groups attached to an aromatic ring is 1. The molecule has 2 heterocycles. The molecule has 0 aliphatic heterocycles. The lowest BCUT2D eigenvalue weighted by atomic mass is 10.4. The average Bonchev–Trinajstić information content (AvgIpc) is 3.06. The van der Waals surface area contributed by atoms with Crippen LogP contribution in [0.4, 0.5) is 5.95 Å². The van der Waals surface area contributed by atoms with Gasteiger partial charge in [-0.2, -0.15) is 0 Å². The summed E-state index contributed by atoms with van der Waals surface area (Å²) in [5.41, 5.74) is 5.69. The van der Waals surface area contributed by atoms with E-state index in [2.05, 4.69) is 22.1 Å². The van der Waals surface area contributed by atoms with E-state index in [-0.39, 0.29) is 11.7 Å². The molecule has 20 heavy (non-hydrogen) atoms. The molecule has 2 aromatic rings. The first-order chi connectivity index (χ1) is 9.70. The monoisotopic (exact) mass is 309 g/mol. The molecule has 8 heteroatoms. The topological polar surface area (TPSA) is 85.8 Å². The van der Waals surface area contributed by atoms with E-state index in [0.29, 0.717) is 24.2 Å². The Labute approximate surface area is 125 Å². The van der Waals surface area contributed by atoms with Crippen LogP contribution in [0.5, 0.6) is 0 Å². The second kappa shape index (κ2) is 7.11. The van der Waals surface area contributed by atoms with Crippen LogP contribution in [0.15, 0.2) is 35.3 Å². The summed E-state index contributed by atoms with van der Waals surface area (Å²) < 4.78 is 1.71. The molecule has 0 bridgehead atoms. The second-order valence-corrected chi connectivity index (χ2v) is 5.86. The van der Waals surface area contributed by atoms with Gasteiger partial charge in [0.25, 0.3) is 0 Å². The Balaban J connectivity index is 1.82. The maximum atomic E-state index is 11.8. The van der Waals surface area contributed by atoms with Crippen molar-refractivity contribution >= 4 is 35.0 Å². The molecule has 2 rings (SSSR count). The zero-order valence-corrected chi connectivity index (χ0v) is 12.4. The van der Waals surface area contributed by atoms with Crippen molar-refractivity contribution in [1.82, 2.24) is 20.1 Å². The van der Waals surface area contributed by atoms with Gasteiger partial charge in [0.1, 0.15) is 0 Å². The first kappa shape index (κ1) is 14.6. The maximum Gasteiger partial charge on any atom is 0.230 e. The summed E-state index contributed by atoms with van der Waals surface area (Å²) in [7, 11) is 0. The third kappa shape index (κ3) is 3.84. The zero-order valence-electron chi connectivity index (χ0n) is 10.8. The molecule has 0 atom stereocenters. The Morgan fingerprint density at radius 1 is 1.60 bits per heavy atom. The SMILES string of the molecule is C=CCn1c(N)nnc1SCC(=O)NCc1cccs1. The summed E-state index contributed by atoms with van der Waals surface area (Å²) in [5, 5.41) is 13.2. The molecule has 3 N–H and O–H groups in total. The Kier molecular flexibility index (Phi) is 5.19. The van der Waals surface area contributed by atoms with Crippen LogP contribution in [0.25, 0.3) is 0 Å². The van der Waals surface area contributed by atoms with Crippen LogP contribution in [0.1, 0.15) is 4.88 Å². The van der Waals surface area contributed by atoms with Crippen LogP contribution >= 0.6 is 23.1 Å². The predicted molar refractivity (Wildman–Crippen MR) is 81.5 cm³/mol. The van der Waals surface area contributed by atoms with E-state index in [9.17, 15) is 4.79 Å². The van der Waals surface area contributed by atoms with Gasteiger partial charge in [-0.15, -0.1) is 28.1 Å². The number of nitrogens with zero attached hydrogens (tertiary/aromatic N) is 3. The molecule has 0 unspecified atom stereocenters. The first-order valence-electron chi connectivity index (χ1n) is 5.92. The fourth-order valence-electron chi connectivity index (χ4n) is 1.49. The molecule has 2 aromatic heterocycles. The minimum atomic E-state index is -0.0462. The van der Waals surface area contributed by atoms with E-state index in [0.717, 1.165) is 4.88 Å². The molecule has 0 spiro atoms. The number of carbonyl (C=O) groups excluding carboxylic acids is 1. The second-order valence-electron chi connectivity index (χ2n) is 3.88. The lowest BCUT2D eigenvalue weighted by molar-refractivity contribution is -0.118. The number of thiophene rings is 1. The third-order valence-corrected chi connectivity index (χ3v) is 4.27. The van der Waals surface area contributed by atoms with E-state index < -0.39 is 0 Å². The fraction of sp³-hybridized carbons (Fsp3) is 0.250. The zero-order chi connectivity index (χ0) is 14.4. The summed E-state index contributed by atoms with van der Waals surface area (Å²) in [6.45, 7) is 4.73. The smallest absolute Gasteiger partial charge is 0.230 e. The van der Waals surface area contributed by atoms with Gasteiger partial charge in [0.15, 0.2) is 5.16 Å². The molecule has 1 amide bonds. The molecule has 6 nitrogen and oxygen atoms in total. The van der Waals surface area contributed by atoms with Crippen molar-refractivity contribution in [2.24, 2.45) is 0 Å². The fourth-order valence-corrected chi connectivity index (χ4v) is 2.92. The summed E-state index contributed by atoms with van der Waals surface area (Å²) in [6.07, 6.45) is 1.71. The molecule has 0 aliphatic rings. The van der Waals surface area contributed by atoms with Gasteiger partial charge in [-0.3, -0.25) is 9.36 Å². The highest BCUT2D eigenvalue weighted by Gasteiger charge is 2.11. The number of amides is 1. The van der Waals surface area contributed by atoms with Gasteiger partial charge in [0, 0.05) is 11.4 Å². The highest BCUT2D eigenvalue weighted by molar-refractivity contribution is 7.99. The van der Waals surface area contributed by atoms with Crippen molar-refractivity contribution in [1.29, 1.82) is 0 Å². The quantitative estimate of drug-likeness (QED) is 0.598. The van der Waals surface area contributed by atoms with Crippen molar-refractivity contribution < 1.29 is 4.79 Å². The summed E-state index contributed by atoms with van der Waals surface area (Å²) in [6, 6.07) is 3.95. The van der Waals surface area contributed by atoms with E-state index in [1.165, 1.54) is 11.8 Å². The first-order valence-corrected chi connectivity index (χ1v) is 7.78. The van der Waals surface area contributed by atoms with Crippen molar-refractivity contribution in [3.05, 3.63) is 35.0 Å². The molecule has 0 aliphatic carbocycles. The number of thioether (sulfide) groups is 1. The highest BCUT2D eigenvalue weighted by Crippen LogP contribution is 2.17. The van der Waals surface area contributed by atoms with E-state index >= 15 is 0 Å². The van der Waals surface area contributed by atoms with Crippen LogP contribution in [-0.4, -0.2) is 26.4 Å². The summed E-state index contributed by atoms with van der Waals surface area (Å²) in [4.78, 5) is 12.9. The molecule has 0 fully saturated rings. The molecule has 0 radical (unpaired) electrons. The largest absolute Gasteiger partial charge is 0.368 e. The minimum Gasteiger partial charge on any atom is -0.368 e. The maximum absolute atomic E-state index is 11.8. The number of allylic oxidation sites excluding steroid dienone is 1. The molecule has 0 saturated carbocycles. The molecular weight excluding hydrogens is 294 g/mol. The van der Waals surface area contributed by atoms with Crippen molar-refractivity contribution in [2.45, 2.75) is 18.2 Å². The van der Waals surface area contributed by atoms with Crippen LogP contribution < -0.4 is 11.1 Å². The Hall–Kier alpha value is -1.80. The number of rotatable bonds is 7. The van der Waals surface area contributed by atoms with E-state index in [1.54, 1.807) is 22.0 Å². The Morgan fingerprint density at radius 3 is 3.15 bits per heavy atom. The van der Waals surface area contributed by atoms with Gasteiger partial charge in [-0.25, -0.2) is 0 Å². The number of hydrogen-bond donors (Lipinski definition) is 2. The van der Waals surface area contributed by atoms with Crippen LogP contribution in [0, 0.1) is 0 Å². The van der Waals surface area contributed by atoms with E-state index in [4.69, 9.17) is 5.73 Å². The van der Waals surface area contributed by atoms with Gasteiger partial charge >= 0.3 is 0 Å². The molecule has 0 saturated heterocycles. The van der Waals surface area contributed by atoms with Gasteiger partial charge in [0.05, 0.1) is 12.3 Å². The van der Waals surface area contributed by atoms with Gasteiger partial charge in [0.2, 0.25) is 11.9 Å². The molecular formula is C12H15N5OS2. The summed E-state index contributed by atoms with van der Waals surface area (Å²) >= 11 is 2.92. The van der Waals surface area contributed by atoms with Crippen molar-refractivity contribution in [3.63, 3.8) is 0 Å². The van der Waals surface area contributed by atoms with Crippen molar-refractivity contribution in [2.75, 3.05) is 11.5 Å². The van der Waals surface area contributed by atoms with Crippen LogP contribution in [-0.2, 0) is 17.9 Å². The Bertz CT molecular complexity index is 579. The van der Waals surface area contributed by atoms with Gasteiger partial charge < -0.3 is 11.1 Å². The van der Waals surface area contributed by atoms with E-state index in [1.807, 2.05) is 17.5 Å². The van der Waals surface area contributed by atoms with Gasteiger partial charge in [-0.1, -0.05) is 23.9 Å².